The highest BCUT2D eigenvalue weighted by Crippen LogP contribution is 2.39. The summed E-state index contributed by atoms with van der Waals surface area (Å²) in [6.45, 7) is -0.810. The predicted molar refractivity (Wildman–Crippen MR) is 58.8 cm³/mol. The maximum Gasteiger partial charge on any atom is 0.347 e. The lowest BCUT2D eigenvalue weighted by Crippen LogP contribution is -2.73. The molecule has 18 heavy (non-hydrogen) atoms. The van der Waals surface area contributed by atoms with Gasteiger partial charge in [0.15, 0.2) is 0 Å². The molecule has 98 valence electrons. The molecule has 1 heterocycles. The van der Waals surface area contributed by atoms with Crippen LogP contribution in [0.1, 0.15) is 5.56 Å². The molecule has 6 heteroatoms. The minimum Gasteiger partial charge on any atom is -0.394 e. The Balaban J connectivity index is 2.15. The minimum atomic E-state index is -3.60. The number of nitrogens with zero attached hydrogens (tertiary/aromatic N) is 1. The van der Waals surface area contributed by atoms with Crippen molar-refractivity contribution in [2.24, 2.45) is 0 Å². The molecule has 2 rings (SSSR count). The number of carbonyl (C=O) groups is 1. The largest absolute Gasteiger partial charge is 0.394 e. The van der Waals surface area contributed by atoms with E-state index in [0.717, 1.165) is 4.90 Å². The van der Waals surface area contributed by atoms with Gasteiger partial charge in [0.25, 0.3) is 5.91 Å². The normalized spacial score (nSPS) is 23.7. The number of hydrogen-bond donors (Lipinski definition) is 2. The molecule has 1 aliphatic rings. The zero-order chi connectivity index (χ0) is 13.3. The molecule has 1 aromatic carbocycles. The van der Waals surface area contributed by atoms with Crippen LogP contribution in [0.3, 0.4) is 0 Å². The van der Waals surface area contributed by atoms with Crippen LogP contribution in [-0.2, 0) is 11.3 Å². The Morgan fingerprint density at radius 1 is 1.33 bits per heavy atom. The average Bonchev–Trinajstić information content (AvgIpc) is 2.38. The second kappa shape index (κ2) is 4.62. The molecule has 2 N–H and O–H groups in total. The van der Waals surface area contributed by atoms with Crippen LogP contribution in [-0.4, -0.2) is 45.7 Å². The van der Waals surface area contributed by atoms with Crippen LogP contribution in [0.2, 0.25) is 0 Å². The van der Waals surface area contributed by atoms with E-state index in [1.54, 1.807) is 30.3 Å². The van der Waals surface area contributed by atoms with E-state index in [0.29, 0.717) is 5.56 Å². The standard InChI is InChI=1S/C12H13F2NO3/c13-12(14)10(9(17)7-16)15(11(12)18)6-8-4-2-1-3-5-8/h1-5,9-10,16-17H,6-7H2/t9-,10-/m1/s1. The average molecular weight is 257 g/mol. The number of benzene rings is 1. The maximum atomic E-state index is 13.3. The molecule has 0 bridgehead atoms. The van der Waals surface area contributed by atoms with E-state index in [4.69, 9.17) is 5.11 Å². The molecule has 1 aliphatic heterocycles. The SMILES string of the molecule is O=C1N(Cc2ccccc2)[C@H]([C@H](O)CO)C1(F)F. The van der Waals surface area contributed by atoms with Crippen molar-refractivity contribution in [3.05, 3.63) is 35.9 Å². The molecule has 0 radical (unpaired) electrons. The van der Waals surface area contributed by atoms with Crippen LogP contribution in [0, 0.1) is 0 Å². The first kappa shape index (κ1) is 12.9. The number of aliphatic hydroxyl groups excluding tert-OH is 2. The molecule has 0 spiro atoms. The Morgan fingerprint density at radius 2 is 1.94 bits per heavy atom. The summed E-state index contributed by atoms with van der Waals surface area (Å²) in [5.41, 5.74) is 0.691. The molecule has 0 aromatic heterocycles. The van der Waals surface area contributed by atoms with Gasteiger partial charge in [0, 0.05) is 6.54 Å². The molecule has 0 aliphatic carbocycles. The van der Waals surface area contributed by atoms with Crippen molar-refractivity contribution < 1.29 is 23.8 Å². The summed E-state index contributed by atoms with van der Waals surface area (Å²) in [5, 5.41) is 18.1. The molecule has 4 nitrogen and oxygen atoms in total. The number of carbonyl (C=O) groups excluding carboxylic acids is 1. The van der Waals surface area contributed by atoms with Gasteiger partial charge in [-0.2, -0.15) is 8.78 Å². The Kier molecular flexibility index (Phi) is 3.32. The summed E-state index contributed by atoms with van der Waals surface area (Å²) in [4.78, 5) is 12.2. The Hall–Kier alpha value is -1.53. The smallest absolute Gasteiger partial charge is 0.347 e. The van der Waals surface area contributed by atoms with Gasteiger partial charge in [0.2, 0.25) is 0 Å². The summed E-state index contributed by atoms with van der Waals surface area (Å²) >= 11 is 0. The molecular weight excluding hydrogens is 244 g/mol. The highest BCUT2D eigenvalue weighted by molar-refractivity contribution is 5.91. The second-order valence-electron chi connectivity index (χ2n) is 4.24. The van der Waals surface area contributed by atoms with Crippen molar-refractivity contribution in [2.75, 3.05) is 6.61 Å². The highest BCUT2D eigenvalue weighted by atomic mass is 19.3. The molecule has 1 fully saturated rings. The fraction of sp³-hybridized carbons (Fsp3) is 0.417. The monoisotopic (exact) mass is 257 g/mol. The zero-order valence-electron chi connectivity index (χ0n) is 9.46. The van der Waals surface area contributed by atoms with Crippen LogP contribution in [0.4, 0.5) is 8.78 Å². The molecule has 2 atom stereocenters. The first-order valence-corrected chi connectivity index (χ1v) is 5.50. The number of rotatable bonds is 4. The molecule has 0 unspecified atom stereocenters. The Labute approximate surface area is 102 Å². The van der Waals surface area contributed by atoms with Crippen molar-refractivity contribution >= 4 is 5.91 Å². The van der Waals surface area contributed by atoms with Crippen LogP contribution in [0.25, 0.3) is 0 Å². The van der Waals surface area contributed by atoms with Gasteiger partial charge in [-0.3, -0.25) is 4.79 Å². The van der Waals surface area contributed by atoms with Gasteiger partial charge >= 0.3 is 5.92 Å². The first-order chi connectivity index (χ1) is 8.48. The van der Waals surface area contributed by atoms with Gasteiger partial charge < -0.3 is 15.1 Å². The number of likely N-dealkylation sites (tertiary alicyclic amines) is 1. The van der Waals surface area contributed by atoms with Crippen LogP contribution >= 0.6 is 0 Å². The van der Waals surface area contributed by atoms with Gasteiger partial charge in [-0.25, -0.2) is 0 Å². The number of halogens is 2. The van der Waals surface area contributed by atoms with E-state index >= 15 is 0 Å². The first-order valence-electron chi connectivity index (χ1n) is 5.50. The number of alkyl halides is 2. The van der Waals surface area contributed by atoms with Gasteiger partial charge in [-0.1, -0.05) is 30.3 Å². The lowest BCUT2D eigenvalue weighted by molar-refractivity contribution is -0.222. The molecule has 1 aromatic rings. The van der Waals surface area contributed by atoms with Gasteiger partial charge in [-0.05, 0) is 5.56 Å². The minimum absolute atomic E-state index is 0.00299. The predicted octanol–water partition coefficient (Wildman–Crippen LogP) is 0.386. The van der Waals surface area contributed by atoms with Crippen molar-refractivity contribution in [3.63, 3.8) is 0 Å². The zero-order valence-corrected chi connectivity index (χ0v) is 9.46. The summed E-state index contributed by atoms with van der Waals surface area (Å²) in [7, 11) is 0. The molecule has 1 saturated heterocycles. The van der Waals surface area contributed by atoms with Gasteiger partial charge in [-0.15, -0.1) is 0 Å². The lowest BCUT2D eigenvalue weighted by Gasteiger charge is -2.48. The third-order valence-electron chi connectivity index (χ3n) is 3.00. The molecule has 0 saturated carbocycles. The van der Waals surface area contributed by atoms with E-state index < -0.39 is 30.6 Å². The van der Waals surface area contributed by atoms with E-state index in [-0.39, 0.29) is 6.54 Å². The third kappa shape index (κ3) is 1.97. The topological polar surface area (TPSA) is 60.8 Å². The van der Waals surface area contributed by atoms with E-state index in [1.165, 1.54) is 0 Å². The van der Waals surface area contributed by atoms with Gasteiger partial charge in [0.1, 0.15) is 12.1 Å². The molecule has 1 amide bonds. The second-order valence-corrected chi connectivity index (χ2v) is 4.24. The van der Waals surface area contributed by atoms with Crippen LogP contribution in [0.15, 0.2) is 30.3 Å². The number of amides is 1. The number of aliphatic hydroxyl groups is 2. The summed E-state index contributed by atoms with van der Waals surface area (Å²) in [6.07, 6.45) is -1.64. The third-order valence-corrected chi connectivity index (χ3v) is 3.00. The van der Waals surface area contributed by atoms with E-state index in [9.17, 15) is 18.7 Å². The van der Waals surface area contributed by atoms with Crippen LogP contribution in [0.5, 0.6) is 0 Å². The molecular formula is C12H13F2NO3. The van der Waals surface area contributed by atoms with Crippen molar-refractivity contribution in [2.45, 2.75) is 24.6 Å². The Bertz CT molecular complexity index is 438. The van der Waals surface area contributed by atoms with Crippen molar-refractivity contribution in [1.82, 2.24) is 4.90 Å². The number of hydrogen-bond acceptors (Lipinski definition) is 3. The van der Waals surface area contributed by atoms with Gasteiger partial charge in [0.05, 0.1) is 6.61 Å². The van der Waals surface area contributed by atoms with E-state index in [2.05, 4.69) is 0 Å². The highest BCUT2D eigenvalue weighted by Gasteiger charge is 2.65. The van der Waals surface area contributed by atoms with Crippen LogP contribution < -0.4 is 0 Å². The number of β-lactam (4-membered cyclic amide) rings is 1. The summed E-state index contributed by atoms with van der Waals surface area (Å²) in [6, 6.07) is 6.98. The Morgan fingerprint density at radius 3 is 2.50 bits per heavy atom. The summed E-state index contributed by atoms with van der Waals surface area (Å²) < 4.78 is 26.6. The fourth-order valence-corrected chi connectivity index (χ4v) is 2.07. The van der Waals surface area contributed by atoms with Crippen molar-refractivity contribution in [3.8, 4) is 0 Å². The summed E-state index contributed by atoms with van der Waals surface area (Å²) in [5.74, 6) is -4.92. The fourth-order valence-electron chi connectivity index (χ4n) is 2.07. The van der Waals surface area contributed by atoms with Crippen molar-refractivity contribution in [1.29, 1.82) is 0 Å². The van der Waals surface area contributed by atoms with E-state index in [1.807, 2.05) is 0 Å². The lowest BCUT2D eigenvalue weighted by atomic mass is 9.91. The quantitative estimate of drug-likeness (QED) is 0.767. The maximum absolute atomic E-state index is 13.3.